The van der Waals surface area contributed by atoms with E-state index in [0.29, 0.717) is 6.04 Å². The second-order valence-electron chi connectivity index (χ2n) is 5.66. The van der Waals surface area contributed by atoms with Crippen molar-refractivity contribution in [2.24, 2.45) is 5.92 Å². The fraction of sp³-hybridized carbons (Fsp3) is 0.562. The Balaban J connectivity index is 1.82. The van der Waals surface area contributed by atoms with Gasteiger partial charge in [-0.2, -0.15) is 5.26 Å². The standard InChI is InChI=1S/C16H21N3/c17-12-13-4-6-15(7-5-13)16(14-2-1-3-14)19-10-8-18-9-11-19/h4-7,14,16,18H,1-3,8-11H2/t16-/m1/s1. The summed E-state index contributed by atoms with van der Waals surface area (Å²) in [4.78, 5) is 2.63. The molecule has 1 aliphatic heterocycles. The van der Waals surface area contributed by atoms with Gasteiger partial charge in [0.15, 0.2) is 0 Å². The lowest BCUT2D eigenvalue weighted by Crippen LogP contribution is -2.47. The van der Waals surface area contributed by atoms with Crippen molar-refractivity contribution in [3.05, 3.63) is 35.4 Å². The van der Waals surface area contributed by atoms with Crippen LogP contribution < -0.4 is 5.32 Å². The zero-order chi connectivity index (χ0) is 13.1. The molecule has 1 aliphatic carbocycles. The second-order valence-corrected chi connectivity index (χ2v) is 5.66. The first-order chi connectivity index (χ1) is 9.38. The maximum absolute atomic E-state index is 8.91. The molecule has 3 nitrogen and oxygen atoms in total. The summed E-state index contributed by atoms with van der Waals surface area (Å²) in [5.41, 5.74) is 2.15. The van der Waals surface area contributed by atoms with Gasteiger partial charge >= 0.3 is 0 Å². The molecule has 0 spiro atoms. The molecule has 2 aliphatic rings. The van der Waals surface area contributed by atoms with Gasteiger partial charge in [-0.1, -0.05) is 18.6 Å². The number of benzene rings is 1. The quantitative estimate of drug-likeness (QED) is 0.901. The number of hydrogen-bond acceptors (Lipinski definition) is 3. The number of nitrogens with one attached hydrogen (secondary N) is 1. The van der Waals surface area contributed by atoms with Crippen molar-refractivity contribution in [2.75, 3.05) is 26.2 Å². The minimum absolute atomic E-state index is 0.559. The van der Waals surface area contributed by atoms with Gasteiger partial charge in [0.05, 0.1) is 11.6 Å². The van der Waals surface area contributed by atoms with E-state index in [9.17, 15) is 0 Å². The third-order valence-electron chi connectivity index (χ3n) is 4.52. The highest BCUT2D eigenvalue weighted by atomic mass is 15.2. The van der Waals surface area contributed by atoms with Gasteiger partial charge < -0.3 is 5.32 Å². The second kappa shape index (κ2) is 5.73. The van der Waals surface area contributed by atoms with Crippen molar-refractivity contribution < 1.29 is 0 Å². The van der Waals surface area contributed by atoms with Crippen LogP contribution in [0.4, 0.5) is 0 Å². The Kier molecular flexibility index (Phi) is 3.82. The number of rotatable bonds is 3. The lowest BCUT2D eigenvalue weighted by atomic mass is 9.76. The van der Waals surface area contributed by atoms with Crippen molar-refractivity contribution in [1.29, 1.82) is 5.26 Å². The molecule has 3 rings (SSSR count). The summed E-state index contributed by atoms with van der Waals surface area (Å²) in [6.45, 7) is 4.47. The normalized spacial score (nSPS) is 22.5. The summed E-state index contributed by atoms with van der Waals surface area (Å²) >= 11 is 0. The first-order valence-electron chi connectivity index (χ1n) is 7.33. The molecule has 0 aromatic heterocycles. The van der Waals surface area contributed by atoms with Crippen molar-refractivity contribution in [3.63, 3.8) is 0 Å². The maximum atomic E-state index is 8.91. The van der Waals surface area contributed by atoms with Crippen LogP contribution in [0.25, 0.3) is 0 Å². The fourth-order valence-electron chi connectivity index (χ4n) is 3.25. The van der Waals surface area contributed by atoms with Gasteiger partial charge in [0.25, 0.3) is 0 Å². The van der Waals surface area contributed by atoms with Crippen molar-refractivity contribution in [2.45, 2.75) is 25.3 Å². The molecule has 1 atom stereocenters. The molecule has 1 N–H and O–H groups in total. The molecule has 0 bridgehead atoms. The lowest BCUT2D eigenvalue weighted by molar-refractivity contribution is 0.0837. The number of nitriles is 1. The van der Waals surface area contributed by atoms with Gasteiger partial charge in [0, 0.05) is 32.2 Å². The average Bonchev–Trinajstić information content (AvgIpc) is 2.44. The molecule has 2 fully saturated rings. The van der Waals surface area contributed by atoms with Crippen LogP contribution in [0.5, 0.6) is 0 Å². The molecule has 100 valence electrons. The summed E-state index contributed by atoms with van der Waals surface area (Å²) in [5, 5.41) is 12.3. The monoisotopic (exact) mass is 255 g/mol. The minimum atomic E-state index is 0.559. The Morgan fingerprint density at radius 1 is 1.16 bits per heavy atom. The van der Waals surface area contributed by atoms with E-state index in [4.69, 9.17) is 5.26 Å². The smallest absolute Gasteiger partial charge is 0.0991 e. The SMILES string of the molecule is N#Cc1ccc([C@@H](C2CCC2)N2CCNCC2)cc1. The third-order valence-corrected chi connectivity index (χ3v) is 4.52. The van der Waals surface area contributed by atoms with E-state index in [0.717, 1.165) is 37.7 Å². The number of hydrogen-bond donors (Lipinski definition) is 1. The van der Waals surface area contributed by atoms with Crippen LogP contribution >= 0.6 is 0 Å². The molecule has 1 saturated carbocycles. The van der Waals surface area contributed by atoms with Crippen molar-refractivity contribution in [1.82, 2.24) is 10.2 Å². The van der Waals surface area contributed by atoms with E-state index >= 15 is 0 Å². The van der Waals surface area contributed by atoms with Gasteiger partial charge in [0.1, 0.15) is 0 Å². The first-order valence-corrected chi connectivity index (χ1v) is 7.33. The molecule has 3 heteroatoms. The fourth-order valence-corrected chi connectivity index (χ4v) is 3.25. The summed E-state index contributed by atoms with van der Waals surface area (Å²) < 4.78 is 0. The molecule has 0 radical (unpaired) electrons. The van der Waals surface area contributed by atoms with Crippen molar-refractivity contribution in [3.8, 4) is 6.07 Å². The molecule has 0 amide bonds. The average molecular weight is 255 g/mol. The van der Waals surface area contributed by atoms with Crippen LogP contribution in [0, 0.1) is 17.2 Å². The molecule has 1 aromatic carbocycles. The zero-order valence-electron chi connectivity index (χ0n) is 11.3. The van der Waals surface area contributed by atoms with Crippen LogP contribution in [0.2, 0.25) is 0 Å². The topological polar surface area (TPSA) is 39.1 Å². The van der Waals surface area contributed by atoms with E-state index in [1.165, 1.54) is 24.8 Å². The van der Waals surface area contributed by atoms with E-state index in [-0.39, 0.29) is 0 Å². The summed E-state index contributed by atoms with van der Waals surface area (Å²) in [5.74, 6) is 0.811. The van der Waals surface area contributed by atoms with E-state index in [1.807, 2.05) is 12.1 Å². The summed E-state index contributed by atoms with van der Waals surface area (Å²) in [7, 11) is 0. The van der Waals surface area contributed by atoms with E-state index in [1.54, 1.807) is 0 Å². The molecule has 1 heterocycles. The summed E-state index contributed by atoms with van der Waals surface area (Å²) in [6.07, 6.45) is 4.09. The number of piperazine rings is 1. The molecular weight excluding hydrogens is 234 g/mol. The Labute approximate surface area is 115 Å². The highest BCUT2D eigenvalue weighted by molar-refractivity contribution is 5.33. The van der Waals surface area contributed by atoms with Crippen LogP contribution in [-0.2, 0) is 0 Å². The molecule has 1 aromatic rings. The predicted molar refractivity (Wildman–Crippen MR) is 75.7 cm³/mol. The van der Waals surface area contributed by atoms with Gasteiger partial charge in [-0.15, -0.1) is 0 Å². The maximum Gasteiger partial charge on any atom is 0.0991 e. The molecule has 0 unspecified atom stereocenters. The summed E-state index contributed by atoms with van der Waals surface area (Å²) in [6, 6.07) is 11.0. The minimum Gasteiger partial charge on any atom is -0.314 e. The third kappa shape index (κ3) is 2.65. The van der Waals surface area contributed by atoms with Crippen LogP contribution in [0.3, 0.4) is 0 Å². The Morgan fingerprint density at radius 2 is 1.84 bits per heavy atom. The largest absolute Gasteiger partial charge is 0.314 e. The van der Waals surface area contributed by atoms with E-state index in [2.05, 4.69) is 28.4 Å². The Hall–Kier alpha value is -1.37. The van der Waals surface area contributed by atoms with Gasteiger partial charge in [-0.25, -0.2) is 0 Å². The first kappa shape index (κ1) is 12.7. The van der Waals surface area contributed by atoms with Crippen LogP contribution in [0.15, 0.2) is 24.3 Å². The van der Waals surface area contributed by atoms with Gasteiger partial charge in [-0.3, -0.25) is 4.90 Å². The van der Waals surface area contributed by atoms with E-state index < -0.39 is 0 Å². The highest BCUT2D eigenvalue weighted by Crippen LogP contribution is 2.41. The highest BCUT2D eigenvalue weighted by Gasteiger charge is 2.33. The number of nitrogens with zero attached hydrogens (tertiary/aromatic N) is 2. The van der Waals surface area contributed by atoms with Crippen molar-refractivity contribution >= 4 is 0 Å². The Morgan fingerprint density at radius 3 is 2.37 bits per heavy atom. The van der Waals surface area contributed by atoms with Crippen LogP contribution in [-0.4, -0.2) is 31.1 Å². The zero-order valence-corrected chi connectivity index (χ0v) is 11.3. The van der Waals surface area contributed by atoms with Gasteiger partial charge in [0.2, 0.25) is 0 Å². The molecular formula is C16H21N3. The Bertz CT molecular complexity index is 450. The van der Waals surface area contributed by atoms with Gasteiger partial charge in [-0.05, 0) is 36.5 Å². The van der Waals surface area contributed by atoms with Crippen LogP contribution in [0.1, 0.15) is 36.4 Å². The lowest BCUT2D eigenvalue weighted by Gasteiger charge is -2.43. The predicted octanol–water partition coefficient (Wildman–Crippen LogP) is 2.30. The molecule has 1 saturated heterocycles. The molecule has 19 heavy (non-hydrogen) atoms.